The molecule has 4 amide bonds. The zero-order chi connectivity index (χ0) is 49.6. The lowest BCUT2D eigenvalue weighted by atomic mass is 9.85. The number of rotatable bonds is 19. The van der Waals surface area contributed by atoms with E-state index in [2.05, 4.69) is 16.0 Å². The fourth-order valence-corrected chi connectivity index (χ4v) is 9.12. The molecule has 0 saturated carbocycles. The van der Waals surface area contributed by atoms with E-state index in [1.807, 2.05) is 45.0 Å². The summed E-state index contributed by atoms with van der Waals surface area (Å²) < 4.78 is 64.7. The first-order valence-electron chi connectivity index (χ1n) is 22.6. The van der Waals surface area contributed by atoms with Crippen LogP contribution >= 0.6 is 12.2 Å². The second kappa shape index (κ2) is 21.8. The fourth-order valence-electron chi connectivity index (χ4n) is 8.60. The van der Waals surface area contributed by atoms with Gasteiger partial charge >= 0.3 is 6.18 Å². The largest absolute Gasteiger partial charge is 0.491 e. The molecule has 3 aromatic carbocycles. The summed E-state index contributed by atoms with van der Waals surface area (Å²) in [7, 11) is 1.68. The highest BCUT2D eigenvalue weighted by atomic mass is 32.1. The quantitative estimate of drug-likeness (QED) is 0.0970. The van der Waals surface area contributed by atoms with Crippen LogP contribution in [0.25, 0.3) is 0 Å². The minimum atomic E-state index is -4.80. The second-order valence-corrected chi connectivity index (χ2v) is 18.9. The molecule has 5 atom stereocenters. The Kier molecular flexibility index (Phi) is 16.6. The highest BCUT2D eigenvalue weighted by molar-refractivity contribution is 7.81. The highest BCUT2D eigenvalue weighted by Crippen LogP contribution is 2.40. The third-order valence-electron chi connectivity index (χ3n) is 12.4. The maximum absolute atomic E-state index is 14.0. The molecule has 3 N–H and O–H groups in total. The van der Waals surface area contributed by atoms with Crippen LogP contribution in [0.1, 0.15) is 82.7 Å². The van der Waals surface area contributed by atoms with Crippen LogP contribution in [0, 0.1) is 16.7 Å². The molecule has 19 heteroatoms. The van der Waals surface area contributed by atoms with Crippen molar-refractivity contribution in [1.82, 2.24) is 20.9 Å². The average Bonchev–Trinajstić information content (AvgIpc) is 3.97. The van der Waals surface area contributed by atoms with Gasteiger partial charge in [0, 0.05) is 18.7 Å². The SMILES string of the molecule is CN[C@@H](C)C(=O)N[C@H](C(=O)N1CCCC1C(=O)NC1c2ccccc2CC1OCCOCCOCCOc1ccc(N2C(=S)N(c3ccc(C#N)c(C(F)(F)F)c3)C(=O)C2(C)C)cc1)C(C)(C)C. The molecule has 0 bridgehead atoms. The predicted molar refractivity (Wildman–Crippen MR) is 252 cm³/mol. The summed E-state index contributed by atoms with van der Waals surface area (Å²) in [6, 6.07) is 16.8. The van der Waals surface area contributed by atoms with Crippen molar-refractivity contribution in [2.24, 2.45) is 5.41 Å². The molecule has 0 spiro atoms. The van der Waals surface area contributed by atoms with E-state index in [9.17, 15) is 37.6 Å². The van der Waals surface area contributed by atoms with Gasteiger partial charge in [-0.2, -0.15) is 18.4 Å². The highest BCUT2D eigenvalue weighted by Gasteiger charge is 2.51. The van der Waals surface area contributed by atoms with Gasteiger partial charge in [0.25, 0.3) is 5.91 Å². The van der Waals surface area contributed by atoms with Gasteiger partial charge in [-0.3, -0.25) is 24.1 Å². The molecule has 0 radical (unpaired) electrons. The van der Waals surface area contributed by atoms with Gasteiger partial charge in [-0.25, -0.2) is 0 Å². The average molecular weight is 964 g/mol. The van der Waals surface area contributed by atoms with E-state index in [-0.39, 0.29) is 54.4 Å². The normalized spacial score (nSPS) is 20.0. The third-order valence-corrected chi connectivity index (χ3v) is 12.8. The summed E-state index contributed by atoms with van der Waals surface area (Å²) in [5.41, 5.74) is -1.06. The van der Waals surface area contributed by atoms with Crippen molar-refractivity contribution in [3.63, 3.8) is 0 Å². The van der Waals surface area contributed by atoms with E-state index in [4.69, 9.17) is 31.2 Å². The van der Waals surface area contributed by atoms with Crippen molar-refractivity contribution < 1.29 is 51.3 Å². The van der Waals surface area contributed by atoms with Crippen molar-refractivity contribution in [2.75, 3.05) is 63.0 Å². The van der Waals surface area contributed by atoms with Gasteiger partial charge in [0.05, 0.1) is 74.1 Å². The Labute approximate surface area is 400 Å². The summed E-state index contributed by atoms with van der Waals surface area (Å²) in [6.45, 7) is 12.7. The fraction of sp³-hybridized carbons (Fsp3) is 0.510. The lowest BCUT2D eigenvalue weighted by Crippen LogP contribution is -2.59. The molecule has 3 unspecified atom stereocenters. The third kappa shape index (κ3) is 11.6. The van der Waals surface area contributed by atoms with Crippen LogP contribution in [0.2, 0.25) is 0 Å². The topological polar surface area (TPSA) is 175 Å². The number of likely N-dealkylation sites (N-methyl/N-ethyl adjacent to an activating group) is 1. The van der Waals surface area contributed by atoms with E-state index in [1.165, 1.54) is 6.07 Å². The van der Waals surface area contributed by atoms with Gasteiger partial charge in [0.15, 0.2) is 5.11 Å². The van der Waals surface area contributed by atoms with Gasteiger partial charge in [-0.15, -0.1) is 0 Å². The number of nitrogens with one attached hydrogen (secondary N) is 3. The van der Waals surface area contributed by atoms with Crippen LogP contribution in [0.3, 0.4) is 0 Å². The molecule has 2 saturated heterocycles. The Bertz CT molecular complexity index is 2370. The van der Waals surface area contributed by atoms with Crippen molar-refractivity contribution in [3.05, 3.63) is 89.0 Å². The lowest BCUT2D eigenvalue weighted by Gasteiger charge is -2.36. The molecule has 2 fully saturated rings. The second-order valence-electron chi connectivity index (χ2n) is 18.5. The molecule has 1 aliphatic carbocycles. The standard InChI is InChI=1S/C49H60F3N7O8S/c1-30(54-7)42(60)56-41(47(2,3)4)44(62)57-20-10-13-38(57)43(61)55-40-36-12-9-8-11-31(36)27-39(40)67-26-24-65-22-21-64-23-25-66-35-18-16-33(17-19-35)59-46(68)58(45(63)48(59,5)6)34-15-14-32(29-53)37(28-34)49(50,51)52/h8-9,11-12,14-19,28,30,38-41,54H,10,13,20-27H2,1-7H3,(H,55,61)(H,56,60)/t30-,38?,39?,40?,41+/m0/s1. The first kappa shape index (κ1) is 51.7. The molecule has 0 aromatic heterocycles. The van der Waals surface area contributed by atoms with E-state index < -0.39 is 58.3 Å². The number of alkyl halides is 3. The Morgan fingerprint density at radius 3 is 2.24 bits per heavy atom. The number of halogens is 3. The zero-order valence-corrected chi connectivity index (χ0v) is 40.2. The Hall–Kier alpha value is -5.65. The number of nitrogens with zero attached hydrogens (tertiary/aromatic N) is 4. The van der Waals surface area contributed by atoms with Gasteiger partial charge in [-0.05, 0) is 112 Å². The molecule has 2 heterocycles. The smallest absolute Gasteiger partial charge is 0.417 e. The van der Waals surface area contributed by atoms with Crippen molar-refractivity contribution in [1.29, 1.82) is 5.26 Å². The monoisotopic (exact) mass is 963 g/mol. The summed E-state index contributed by atoms with van der Waals surface area (Å²) in [5.74, 6) is -0.842. The Balaban J connectivity index is 0.928. The lowest BCUT2D eigenvalue weighted by molar-refractivity contribution is -0.144. The van der Waals surface area contributed by atoms with E-state index in [0.717, 1.165) is 28.2 Å². The van der Waals surface area contributed by atoms with Crippen molar-refractivity contribution >= 4 is 52.3 Å². The first-order valence-corrected chi connectivity index (χ1v) is 23.1. The molecule has 366 valence electrons. The summed E-state index contributed by atoms with van der Waals surface area (Å²) in [4.78, 5) is 58.5. The summed E-state index contributed by atoms with van der Waals surface area (Å²) in [5, 5.41) is 18.2. The van der Waals surface area contributed by atoms with Crippen LogP contribution in [0.15, 0.2) is 66.7 Å². The number of hydrogen-bond donors (Lipinski definition) is 3. The van der Waals surface area contributed by atoms with Crippen molar-refractivity contribution in [2.45, 2.75) is 103 Å². The number of ether oxygens (including phenoxy) is 4. The number of benzene rings is 3. The minimum Gasteiger partial charge on any atom is -0.491 e. The van der Waals surface area contributed by atoms with Crippen LogP contribution in [0.5, 0.6) is 5.75 Å². The van der Waals surface area contributed by atoms with Crippen molar-refractivity contribution in [3.8, 4) is 11.8 Å². The minimum absolute atomic E-state index is 0.0113. The number of carbonyl (C=O) groups excluding carboxylic acids is 4. The Morgan fingerprint density at radius 1 is 0.941 bits per heavy atom. The Morgan fingerprint density at radius 2 is 1.59 bits per heavy atom. The number of nitriles is 1. The predicted octanol–water partition coefficient (Wildman–Crippen LogP) is 5.83. The molecule has 3 aromatic rings. The number of thiocarbonyl (C=S) groups is 1. The van der Waals surface area contributed by atoms with E-state index in [0.29, 0.717) is 57.1 Å². The molecule has 2 aliphatic heterocycles. The summed E-state index contributed by atoms with van der Waals surface area (Å²) in [6.07, 6.45) is -3.38. The molecular formula is C49H60F3N7O8S. The number of fused-ring (bicyclic) bond motifs is 1. The van der Waals surface area contributed by atoms with E-state index >= 15 is 0 Å². The maximum atomic E-state index is 14.0. The van der Waals surface area contributed by atoms with Crippen LogP contribution < -0.4 is 30.5 Å². The number of hydrogen-bond acceptors (Lipinski definition) is 11. The van der Waals surface area contributed by atoms with E-state index in [1.54, 1.807) is 68.0 Å². The van der Waals surface area contributed by atoms with Gasteiger partial charge in [0.2, 0.25) is 17.7 Å². The number of carbonyl (C=O) groups is 4. The molecule has 6 rings (SSSR count). The maximum Gasteiger partial charge on any atom is 0.417 e. The number of amides is 4. The number of anilines is 2. The first-order chi connectivity index (χ1) is 32.2. The van der Waals surface area contributed by atoms with Crippen LogP contribution in [0.4, 0.5) is 24.5 Å². The molecular weight excluding hydrogens is 904 g/mol. The summed E-state index contributed by atoms with van der Waals surface area (Å²) >= 11 is 5.63. The zero-order valence-electron chi connectivity index (χ0n) is 39.4. The van der Waals surface area contributed by atoms with Gasteiger partial charge in [0.1, 0.15) is 30.0 Å². The molecule has 3 aliphatic rings. The number of likely N-dealkylation sites (tertiary alicyclic amines) is 1. The van der Waals surface area contributed by atoms with Gasteiger partial charge < -0.3 is 44.7 Å². The van der Waals surface area contributed by atoms with Crippen LogP contribution in [-0.4, -0.2) is 117 Å². The molecule has 68 heavy (non-hydrogen) atoms. The molecule has 15 nitrogen and oxygen atoms in total. The van der Waals surface area contributed by atoms with Gasteiger partial charge in [-0.1, -0.05) is 45.0 Å². The van der Waals surface area contributed by atoms with Crippen LogP contribution in [-0.2, 0) is 46.0 Å².